The Kier molecular flexibility index (Phi) is 4.68. The third-order valence-corrected chi connectivity index (χ3v) is 6.19. The van der Waals surface area contributed by atoms with Gasteiger partial charge in [0.15, 0.2) is 5.65 Å². The summed E-state index contributed by atoms with van der Waals surface area (Å²) in [6.45, 7) is 3.59. The lowest BCUT2D eigenvalue weighted by molar-refractivity contribution is -0.173. The van der Waals surface area contributed by atoms with E-state index in [0.29, 0.717) is 12.8 Å². The number of rotatable bonds is 2. The minimum atomic E-state index is -0.327. The molecule has 2 aromatic heterocycles. The Morgan fingerprint density at radius 2 is 1.86 bits per heavy atom. The van der Waals surface area contributed by atoms with E-state index in [-0.39, 0.29) is 17.8 Å². The number of hydrogen-bond donors (Lipinski definition) is 1. The largest absolute Gasteiger partial charge is 0.393 e. The third kappa shape index (κ3) is 3.58. The van der Waals surface area contributed by atoms with Crippen LogP contribution in [0.25, 0.3) is 11.0 Å². The zero-order valence-corrected chi connectivity index (χ0v) is 16.7. The van der Waals surface area contributed by atoms with Crippen molar-refractivity contribution < 1.29 is 9.84 Å². The predicted octanol–water partition coefficient (Wildman–Crippen LogP) is 3.58. The monoisotopic (exact) mass is 390 g/mol. The molecule has 1 spiro atoms. The zero-order chi connectivity index (χ0) is 19.8. The molecule has 3 aromatic rings. The highest BCUT2D eigenvalue weighted by atomic mass is 16.5. The van der Waals surface area contributed by atoms with Gasteiger partial charge in [-0.05, 0) is 37.5 Å². The van der Waals surface area contributed by atoms with Gasteiger partial charge < -0.3 is 14.7 Å². The van der Waals surface area contributed by atoms with E-state index < -0.39 is 0 Å². The molecule has 2 saturated heterocycles. The lowest BCUT2D eigenvalue weighted by atomic mass is 9.81. The first-order chi connectivity index (χ1) is 14.1. The molecule has 0 unspecified atom stereocenters. The Bertz CT molecular complexity index is 1000. The molecular weight excluding hydrogens is 364 g/mol. The average molecular weight is 390 g/mol. The van der Waals surface area contributed by atoms with E-state index >= 15 is 0 Å². The molecule has 2 fully saturated rings. The van der Waals surface area contributed by atoms with Crippen molar-refractivity contribution >= 4 is 16.9 Å². The van der Waals surface area contributed by atoms with Gasteiger partial charge in [-0.1, -0.05) is 30.3 Å². The fourth-order valence-electron chi connectivity index (χ4n) is 4.77. The van der Waals surface area contributed by atoms with Crippen LogP contribution in [0.2, 0.25) is 0 Å². The van der Waals surface area contributed by atoms with E-state index in [4.69, 9.17) is 9.72 Å². The molecule has 6 heteroatoms. The molecule has 4 heterocycles. The Morgan fingerprint density at radius 3 is 2.66 bits per heavy atom. The number of benzene rings is 1. The van der Waals surface area contributed by atoms with Gasteiger partial charge in [0.2, 0.25) is 0 Å². The highest BCUT2D eigenvalue weighted by molar-refractivity contribution is 5.86. The molecule has 1 N–H and O–H groups in total. The van der Waals surface area contributed by atoms with Crippen LogP contribution in [0.15, 0.2) is 48.7 Å². The van der Waals surface area contributed by atoms with Gasteiger partial charge in [0, 0.05) is 32.1 Å². The first-order valence-corrected chi connectivity index (χ1v) is 10.4. The van der Waals surface area contributed by atoms with Crippen LogP contribution in [-0.2, 0) is 4.74 Å². The van der Waals surface area contributed by atoms with Crippen molar-refractivity contribution in [2.75, 3.05) is 18.0 Å². The van der Waals surface area contributed by atoms with Crippen LogP contribution in [0.1, 0.15) is 43.2 Å². The summed E-state index contributed by atoms with van der Waals surface area (Å²) in [6.07, 6.45) is 4.51. The minimum absolute atomic E-state index is 0.0437. The smallest absolute Gasteiger partial charge is 0.164 e. The normalized spacial score (nSPS) is 24.1. The van der Waals surface area contributed by atoms with Crippen LogP contribution >= 0.6 is 0 Å². The Balaban J connectivity index is 1.37. The topological polar surface area (TPSA) is 71.4 Å². The molecule has 0 saturated carbocycles. The molecule has 0 radical (unpaired) electrons. The molecular formula is C23H26N4O2. The number of nitrogens with zero attached hydrogens (tertiary/aromatic N) is 4. The lowest BCUT2D eigenvalue weighted by Gasteiger charge is -2.48. The first kappa shape index (κ1) is 18.5. The second-order valence-corrected chi connectivity index (χ2v) is 8.25. The molecule has 1 aromatic carbocycles. The molecule has 29 heavy (non-hydrogen) atoms. The van der Waals surface area contributed by atoms with Crippen molar-refractivity contribution in [3.05, 3.63) is 60.0 Å². The number of anilines is 1. The number of ether oxygens (including phenoxy) is 1. The zero-order valence-electron chi connectivity index (χ0n) is 16.7. The van der Waals surface area contributed by atoms with Crippen molar-refractivity contribution in [2.24, 2.45) is 0 Å². The number of aliphatic hydroxyl groups excluding tert-OH is 1. The van der Waals surface area contributed by atoms with Crippen molar-refractivity contribution in [1.29, 1.82) is 0 Å². The quantitative estimate of drug-likeness (QED) is 0.721. The summed E-state index contributed by atoms with van der Waals surface area (Å²) in [5.41, 5.74) is 1.62. The first-order valence-electron chi connectivity index (χ1n) is 10.4. The molecule has 0 amide bonds. The number of pyridine rings is 1. The molecule has 0 aliphatic carbocycles. The van der Waals surface area contributed by atoms with Gasteiger partial charge in [-0.2, -0.15) is 0 Å². The number of piperidine rings is 1. The average Bonchev–Trinajstić information content (AvgIpc) is 2.74. The summed E-state index contributed by atoms with van der Waals surface area (Å²) in [5, 5.41) is 11.6. The number of aryl methyl sites for hydroxylation is 1. The fourth-order valence-corrected chi connectivity index (χ4v) is 4.77. The lowest BCUT2D eigenvalue weighted by Crippen LogP contribution is -2.51. The van der Waals surface area contributed by atoms with Gasteiger partial charge >= 0.3 is 0 Å². The highest BCUT2D eigenvalue weighted by Gasteiger charge is 2.44. The van der Waals surface area contributed by atoms with Crippen LogP contribution in [-0.4, -0.2) is 44.9 Å². The van der Waals surface area contributed by atoms with Gasteiger partial charge in [0.05, 0.1) is 23.2 Å². The Morgan fingerprint density at radius 1 is 1.07 bits per heavy atom. The van der Waals surface area contributed by atoms with Crippen LogP contribution in [0, 0.1) is 6.92 Å². The van der Waals surface area contributed by atoms with E-state index in [9.17, 15) is 5.11 Å². The highest BCUT2D eigenvalue weighted by Crippen LogP contribution is 2.43. The number of hydrogen-bond acceptors (Lipinski definition) is 6. The van der Waals surface area contributed by atoms with Crippen molar-refractivity contribution in [3.8, 4) is 0 Å². The molecule has 5 rings (SSSR count). The minimum Gasteiger partial charge on any atom is -0.393 e. The summed E-state index contributed by atoms with van der Waals surface area (Å²) in [5.74, 6) is 1.69. The summed E-state index contributed by atoms with van der Waals surface area (Å²) < 4.78 is 6.63. The molecule has 2 atom stereocenters. The van der Waals surface area contributed by atoms with Gasteiger partial charge in [0.1, 0.15) is 11.6 Å². The standard InChI is InChI=1S/C23H26N4O2/c1-16-25-21-19(8-5-11-24-21)22(26-16)27-12-9-23(10-13-27)15-18(28)14-20(29-23)17-6-3-2-4-7-17/h2-8,11,18,20,28H,9-10,12-15H2,1H3/t18-,20+/m0/s1. The summed E-state index contributed by atoms with van der Waals surface area (Å²) in [7, 11) is 0. The third-order valence-electron chi connectivity index (χ3n) is 6.19. The Hall–Kier alpha value is -2.57. The maximum absolute atomic E-state index is 10.6. The van der Waals surface area contributed by atoms with E-state index in [1.807, 2.05) is 37.3 Å². The molecule has 150 valence electrons. The molecule has 2 aliphatic rings. The molecule has 0 bridgehead atoms. The van der Waals surface area contributed by atoms with Crippen molar-refractivity contribution in [1.82, 2.24) is 15.0 Å². The predicted molar refractivity (Wildman–Crippen MR) is 112 cm³/mol. The van der Waals surface area contributed by atoms with Crippen LogP contribution in [0.5, 0.6) is 0 Å². The molecule has 6 nitrogen and oxygen atoms in total. The van der Waals surface area contributed by atoms with E-state index in [0.717, 1.165) is 54.2 Å². The van der Waals surface area contributed by atoms with E-state index in [1.165, 1.54) is 0 Å². The van der Waals surface area contributed by atoms with Crippen LogP contribution in [0.4, 0.5) is 5.82 Å². The number of aliphatic hydroxyl groups is 1. The second kappa shape index (κ2) is 7.35. The van der Waals surface area contributed by atoms with Gasteiger partial charge in [-0.3, -0.25) is 0 Å². The SMILES string of the molecule is Cc1nc(N2CCC3(CC2)C[C@@H](O)C[C@H](c2ccccc2)O3)c2cccnc2n1. The van der Waals surface area contributed by atoms with Gasteiger partial charge in [0.25, 0.3) is 0 Å². The maximum atomic E-state index is 10.6. The van der Waals surface area contributed by atoms with E-state index in [2.05, 4.69) is 27.0 Å². The summed E-state index contributed by atoms with van der Waals surface area (Å²) >= 11 is 0. The summed E-state index contributed by atoms with van der Waals surface area (Å²) in [6, 6.07) is 14.2. The number of fused-ring (bicyclic) bond motifs is 1. The van der Waals surface area contributed by atoms with Crippen molar-refractivity contribution in [3.63, 3.8) is 0 Å². The van der Waals surface area contributed by atoms with E-state index in [1.54, 1.807) is 6.20 Å². The fraction of sp³-hybridized carbons (Fsp3) is 0.435. The van der Waals surface area contributed by atoms with Gasteiger partial charge in [-0.15, -0.1) is 0 Å². The van der Waals surface area contributed by atoms with Crippen LogP contribution in [0.3, 0.4) is 0 Å². The number of aromatic nitrogens is 3. The van der Waals surface area contributed by atoms with Crippen molar-refractivity contribution in [2.45, 2.75) is 50.4 Å². The Labute approximate surface area is 170 Å². The maximum Gasteiger partial charge on any atom is 0.164 e. The van der Waals surface area contributed by atoms with Crippen LogP contribution < -0.4 is 4.90 Å². The van der Waals surface area contributed by atoms with Gasteiger partial charge in [-0.25, -0.2) is 15.0 Å². The molecule has 2 aliphatic heterocycles. The second-order valence-electron chi connectivity index (χ2n) is 8.25. The summed E-state index contributed by atoms with van der Waals surface area (Å²) in [4.78, 5) is 15.9.